The molecule has 0 unspecified atom stereocenters. The normalized spacial score (nSPS) is 23.4. The largest absolute Gasteiger partial charge is 0.368 e. The highest BCUT2D eigenvalue weighted by Gasteiger charge is 2.30. The first-order valence-electron chi connectivity index (χ1n) is 8.74. The van der Waals surface area contributed by atoms with E-state index in [0.717, 1.165) is 55.6 Å². The van der Waals surface area contributed by atoms with Crippen molar-refractivity contribution < 1.29 is 0 Å². The lowest BCUT2D eigenvalue weighted by atomic mass is 9.78. The number of piperazine rings is 1. The predicted octanol–water partition coefficient (Wildman–Crippen LogP) is 2.24. The minimum Gasteiger partial charge on any atom is -0.368 e. The quantitative estimate of drug-likeness (QED) is 0.875. The van der Waals surface area contributed by atoms with Crippen molar-refractivity contribution in [3.63, 3.8) is 0 Å². The van der Waals surface area contributed by atoms with Gasteiger partial charge in [-0.1, -0.05) is 17.7 Å². The Morgan fingerprint density at radius 3 is 2.40 bits per heavy atom. The van der Waals surface area contributed by atoms with Gasteiger partial charge in [0.2, 0.25) is 5.95 Å². The van der Waals surface area contributed by atoms with Crippen LogP contribution in [0.3, 0.4) is 0 Å². The van der Waals surface area contributed by atoms with E-state index in [1.807, 2.05) is 18.2 Å². The summed E-state index contributed by atoms with van der Waals surface area (Å²) in [6, 6.07) is 10.4. The second-order valence-electron chi connectivity index (χ2n) is 6.89. The first-order valence-corrected chi connectivity index (χ1v) is 9.12. The molecule has 132 valence electrons. The second kappa shape index (κ2) is 6.69. The standard InChI is InChI=1S/C18H23ClN6/c19-13-2-1-3-15(10-13)24-4-6-25(7-5-24)17-11-16(22-18(21)23-17)12-8-14(20)9-12/h1-3,10-12,14H,4-9,20H2,(H2,21,22,23). The molecular weight excluding hydrogens is 336 g/mol. The monoisotopic (exact) mass is 358 g/mol. The number of nitrogens with two attached hydrogens (primary N) is 2. The molecule has 1 aromatic carbocycles. The van der Waals surface area contributed by atoms with E-state index in [1.54, 1.807) is 0 Å². The highest BCUT2D eigenvalue weighted by molar-refractivity contribution is 6.30. The molecule has 25 heavy (non-hydrogen) atoms. The highest BCUT2D eigenvalue weighted by Crippen LogP contribution is 2.36. The highest BCUT2D eigenvalue weighted by atomic mass is 35.5. The minimum absolute atomic E-state index is 0.297. The summed E-state index contributed by atoms with van der Waals surface area (Å²) in [5, 5.41) is 0.770. The van der Waals surface area contributed by atoms with Gasteiger partial charge in [0.25, 0.3) is 0 Å². The number of anilines is 3. The zero-order valence-corrected chi connectivity index (χ0v) is 14.9. The number of hydrogen-bond acceptors (Lipinski definition) is 6. The summed E-state index contributed by atoms with van der Waals surface area (Å²) in [6.45, 7) is 3.64. The van der Waals surface area contributed by atoms with Crippen molar-refractivity contribution in [2.24, 2.45) is 5.73 Å². The van der Waals surface area contributed by atoms with Crippen LogP contribution >= 0.6 is 11.6 Å². The molecule has 2 aliphatic rings. The Labute approximate surface area is 152 Å². The van der Waals surface area contributed by atoms with Crippen molar-refractivity contribution in [1.82, 2.24) is 9.97 Å². The summed E-state index contributed by atoms with van der Waals surface area (Å²) in [5.41, 5.74) is 14.0. The van der Waals surface area contributed by atoms with Crippen molar-refractivity contribution in [1.29, 1.82) is 0 Å². The van der Waals surface area contributed by atoms with Crippen molar-refractivity contribution in [3.8, 4) is 0 Å². The van der Waals surface area contributed by atoms with Crippen molar-refractivity contribution in [2.75, 3.05) is 41.7 Å². The lowest BCUT2D eigenvalue weighted by Crippen LogP contribution is -2.47. The van der Waals surface area contributed by atoms with Gasteiger partial charge in [-0.25, -0.2) is 4.98 Å². The molecule has 0 bridgehead atoms. The maximum Gasteiger partial charge on any atom is 0.222 e. The van der Waals surface area contributed by atoms with E-state index in [0.29, 0.717) is 17.9 Å². The van der Waals surface area contributed by atoms with Crippen molar-refractivity contribution in [3.05, 3.63) is 41.0 Å². The molecule has 0 radical (unpaired) electrons. The molecule has 1 saturated carbocycles. The molecule has 6 nitrogen and oxygen atoms in total. The van der Waals surface area contributed by atoms with E-state index >= 15 is 0 Å². The fourth-order valence-corrected chi connectivity index (χ4v) is 3.80. The summed E-state index contributed by atoms with van der Waals surface area (Å²) >= 11 is 6.11. The number of nitrogens with zero attached hydrogens (tertiary/aromatic N) is 4. The van der Waals surface area contributed by atoms with Crippen LogP contribution in [0.5, 0.6) is 0 Å². The van der Waals surface area contributed by atoms with Crippen LogP contribution in [0, 0.1) is 0 Å². The molecule has 1 saturated heterocycles. The zero-order valence-electron chi connectivity index (χ0n) is 14.1. The lowest BCUT2D eigenvalue weighted by molar-refractivity contribution is 0.345. The topological polar surface area (TPSA) is 84.3 Å². The maximum atomic E-state index is 6.11. The third-order valence-corrected chi connectivity index (χ3v) is 5.35. The Morgan fingerprint density at radius 1 is 1.00 bits per heavy atom. The van der Waals surface area contributed by atoms with Crippen LogP contribution in [-0.4, -0.2) is 42.2 Å². The summed E-state index contributed by atoms with van der Waals surface area (Å²) in [6.07, 6.45) is 1.97. The number of hydrogen-bond donors (Lipinski definition) is 2. The van der Waals surface area contributed by atoms with Gasteiger partial charge in [0, 0.05) is 54.9 Å². The summed E-state index contributed by atoms with van der Waals surface area (Å²) in [4.78, 5) is 13.5. The van der Waals surface area contributed by atoms with E-state index in [2.05, 4.69) is 31.9 Å². The molecule has 1 aliphatic carbocycles. The van der Waals surface area contributed by atoms with Crippen LogP contribution < -0.4 is 21.3 Å². The molecule has 0 spiro atoms. The number of benzene rings is 1. The summed E-state index contributed by atoms with van der Waals surface area (Å²) < 4.78 is 0. The predicted molar refractivity (Wildman–Crippen MR) is 102 cm³/mol. The van der Waals surface area contributed by atoms with Gasteiger partial charge in [-0.3, -0.25) is 0 Å². The molecule has 4 N–H and O–H groups in total. The van der Waals surface area contributed by atoms with Gasteiger partial charge in [-0.05, 0) is 31.0 Å². The van der Waals surface area contributed by atoms with E-state index in [1.165, 1.54) is 5.69 Å². The summed E-state index contributed by atoms with van der Waals surface area (Å²) in [7, 11) is 0. The molecule has 0 amide bonds. The van der Waals surface area contributed by atoms with Gasteiger partial charge >= 0.3 is 0 Å². The summed E-state index contributed by atoms with van der Waals surface area (Å²) in [5.74, 6) is 1.70. The first-order chi connectivity index (χ1) is 12.1. The van der Waals surface area contributed by atoms with E-state index in [9.17, 15) is 0 Å². The van der Waals surface area contributed by atoms with Crippen molar-refractivity contribution >= 4 is 29.1 Å². The van der Waals surface area contributed by atoms with Gasteiger partial charge < -0.3 is 21.3 Å². The first kappa shape index (κ1) is 16.4. The Morgan fingerprint density at radius 2 is 1.72 bits per heavy atom. The smallest absolute Gasteiger partial charge is 0.222 e. The molecule has 0 atom stereocenters. The third kappa shape index (κ3) is 3.50. The van der Waals surface area contributed by atoms with Gasteiger partial charge in [-0.15, -0.1) is 0 Å². The van der Waals surface area contributed by atoms with Gasteiger partial charge in [0.15, 0.2) is 0 Å². The SMILES string of the molecule is Nc1nc(C2CC(N)C2)cc(N2CCN(c3cccc(Cl)c3)CC2)n1. The minimum atomic E-state index is 0.297. The number of aromatic nitrogens is 2. The number of rotatable bonds is 3. The van der Waals surface area contributed by atoms with E-state index in [-0.39, 0.29) is 0 Å². The molecule has 2 fully saturated rings. The van der Waals surface area contributed by atoms with Crippen LogP contribution in [-0.2, 0) is 0 Å². The molecule has 1 aromatic heterocycles. The number of nitrogen functional groups attached to an aromatic ring is 1. The van der Waals surface area contributed by atoms with Gasteiger partial charge in [0.1, 0.15) is 5.82 Å². The van der Waals surface area contributed by atoms with Crippen LogP contribution in [0.25, 0.3) is 0 Å². The molecule has 1 aliphatic heterocycles. The number of halogens is 1. The maximum absolute atomic E-state index is 6.11. The third-order valence-electron chi connectivity index (χ3n) is 5.12. The Balaban J connectivity index is 1.45. The van der Waals surface area contributed by atoms with Gasteiger partial charge in [-0.2, -0.15) is 4.98 Å². The fourth-order valence-electron chi connectivity index (χ4n) is 3.61. The van der Waals surface area contributed by atoms with Crippen LogP contribution in [0.4, 0.5) is 17.5 Å². The van der Waals surface area contributed by atoms with Gasteiger partial charge in [0.05, 0.1) is 5.69 Å². The van der Waals surface area contributed by atoms with E-state index in [4.69, 9.17) is 23.1 Å². The van der Waals surface area contributed by atoms with E-state index < -0.39 is 0 Å². The van der Waals surface area contributed by atoms with Crippen LogP contribution in [0.1, 0.15) is 24.5 Å². The molecule has 4 rings (SSSR count). The van der Waals surface area contributed by atoms with Crippen LogP contribution in [0.15, 0.2) is 30.3 Å². The Hall–Kier alpha value is -2.05. The Kier molecular flexibility index (Phi) is 4.39. The Bertz CT molecular complexity index is 753. The van der Waals surface area contributed by atoms with Crippen molar-refractivity contribution in [2.45, 2.75) is 24.8 Å². The molecule has 2 heterocycles. The average molecular weight is 359 g/mol. The molecule has 7 heteroatoms. The lowest BCUT2D eigenvalue weighted by Gasteiger charge is -2.37. The average Bonchev–Trinajstić information content (AvgIpc) is 2.58. The second-order valence-corrected chi connectivity index (χ2v) is 7.33. The molecule has 2 aromatic rings. The molecular formula is C18H23ClN6. The van der Waals surface area contributed by atoms with Crippen LogP contribution in [0.2, 0.25) is 5.02 Å². The zero-order chi connectivity index (χ0) is 17.4. The fraction of sp³-hybridized carbons (Fsp3) is 0.444.